The van der Waals surface area contributed by atoms with Crippen LogP contribution in [0.4, 0.5) is 4.39 Å². The van der Waals surface area contributed by atoms with Crippen molar-refractivity contribution in [2.75, 3.05) is 6.61 Å². The predicted octanol–water partition coefficient (Wildman–Crippen LogP) is 7.28. The van der Waals surface area contributed by atoms with Gasteiger partial charge in [0.1, 0.15) is 12.4 Å². The SMILES string of the molecule is CCOc1cc(/C=C(\C#N)c2ccc(Cl)cc2)cc(Br)c1OCc1ccc(F)cc1. The minimum atomic E-state index is -0.292. The molecule has 0 unspecified atom stereocenters. The van der Waals surface area contributed by atoms with E-state index < -0.39 is 0 Å². The van der Waals surface area contributed by atoms with Crippen molar-refractivity contribution in [3.05, 3.63) is 92.7 Å². The molecule has 0 aromatic heterocycles. The van der Waals surface area contributed by atoms with E-state index in [4.69, 9.17) is 21.1 Å². The molecule has 0 atom stereocenters. The zero-order valence-electron chi connectivity index (χ0n) is 16.2. The van der Waals surface area contributed by atoms with E-state index in [2.05, 4.69) is 22.0 Å². The first-order valence-corrected chi connectivity index (χ1v) is 10.4. The number of hydrogen-bond donors (Lipinski definition) is 0. The maximum atomic E-state index is 13.1. The molecule has 152 valence electrons. The molecule has 0 spiro atoms. The fourth-order valence-corrected chi connectivity index (χ4v) is 3.49. The summed E-state index contributed by atoms with van der Waals surface area (Å²) in [4.78, 5) is 0. The highest BCUT2D eigenvalue weighted by Crippen LogP contribution is 2.38. The normalized spacial score (nSPS) is 11.1. The summed E-state index contributed by atoms with van der Waals surface area (Å²) < 4.78 is 25.5. The summed E-state index contributed by atoms with van der Waals surface area (Å²) >= 11 is 9.47. The Hall–Kier alpha value is -2.81. The van der Waals surface area contributed by atoms with Crippen LogP contribution in [-0.2, 0) is 6.61 Å². The summed E-state index contributed by atoms with van der Waals surface area (Å²) in [5.74, 6) is 0.803. The van der Waals surface area contributed by atoms with Gasteiger partial charge in [-0.1, -0.05) is 35.9 Å². The number of hydrogen-bond acceptors (Lipinski definition) is 3. The summed E-state index contributed by atoms with van der Waals surface area (Å²) in [6.45, 7) is 2.60. The average Bonchev–Trinajstić information content (AvgIpc) is 2.73. The van der Waals surface area contributed by atoms with Crippen LogP contribution in [0.5, 0.6) is 11.5 Å². The van der Waals surface area contributed by atoms with E-state index in [0.29, 0.717) is 33.2 Å². The van der Waals surface area contributed by atoms with Crippen molar-refractivity contribution in [2.24, 2.45) is 0 Å². The molecule has 0 bridgehead atoms. The molecule has 30 heavy (non-hydrogen) atoms. The first-order chi connectivity index (χ1) is 14.5. The van der Waals surface area contributed by atoms with Gasteiger partial charge in [0.05, 0.1) is 22.7 Å². The molecule has 0 saturated carbocycles. The van der Waals surface area contributed by atoms with Gasteiger partial charge in [0.2, 0.25) is 0 Å². The van der Waals surface area contributed by atoms with Crippen molar-refractivity contribution in [1.29, 1.82) is 5.26 Å². The van der Waals surface area contributed by atoms with E-state index in [1.807, 2.05) is 19.1 Å². The smallest absolute Gasteiger partial charge is 0.175 e. The Kier molecular flexibility index (Phi) is 7.51. The standard InChI is InChI=1S/C24H18BrClFNO2/c1-2-29-23-13-17(11-19(14-28)18-5-7-20(26)8-6-18)12-22(25)24(23)30-15-16-3-9-21(27)10-4-16/h3-13H,2,15H2,1H3/b19-11+. The van der Waals surface area contributed by atoms with Gasteiger partial charge in [-0.15, -0.1) is 0 Å². The molecule has 3 aromatic carbocycles. The number of halogens is 3. The second kappa shape index (κ2) is 10.3. The number of nitriles is 1. The minimum absolute atomic E-state index is 0.266. The summed E-state index contributed by atoms with van der Waals surface area (Å²) in [5.41, 5.74) is 2.89. The van der Waals surface area contributed by atoms with Gasteiger partial charge in [0.25, 0.3) is 0 Å². The summed E-state index contributed by atoms with van der Waals surface area (Å²) in [6.07, 6.45) is 1.78. The van der Waals surface area contributed by atoms with Gasteiger partial charge >= 0.3 is 0 Å². The highest BCUT2D eigenvalue weighted by Gasteiger charge is 2.13. The number of benzene rings is 3. The fourth-order valence-electron chi connectivity index (χ4n) is 2.79. The van der Waals surface area contributed by atoms with Crippen LogP contribution in [0.25, 0.3) is 11.6 Å². The largest absolute Gasteiger partial charge is 0.490 e. The van der Waals surface area contributed by atoms with E-state index in [1.54, 1.807) is 42.5 Å². The van der Waals surface area contributed by atoms with Gasteiger partial charge in [-0.25, -0.2) is 4.39 Å². The molecule has 0 radical (unpaired) electrons. The number of rotatable bonds is 7. The van der Waals surface area contributed by atoms with Crippen LogP contribution in [0, 0.1) is 17.1 Å². The quantitative estimate of drug-likeness (QED) is 0.260. The number of ether oxygens (including phenoxy) is 2. The second-order valence-corrected chi connectivity index (χ2v) is 7.65. The third-order valence-corrected chi connectivity index (χ3v) is 5.06. The topological polar surface area (TPSA) is 42.2 Å². The lowest BCUT2D eigenvalue weighted by atomic mass is 10.0. The lowest BCUT2D eigenvalue weighted by Crippen LogP contribution is -2.01. The Balaban J connectivity index is 1.90. The molecule has 0 saturated heterocycles. The van der Waals surface area contributed by atoms with Gasteiger partial charge in [-0.3, -0.25) is 0 Å². The Morgan fingerprint density at radius 3 is 2.43 bits per heavy atom. The first-order valence-electron chi connectivity index (χ1n) is 9.21. The molecule has 3 nitrogen and oxygen atoms in total. The average molecular weight is 487 g/mol. The maximum Gasteiger partial charge on any atom is 0.175 e. The Bertz CT molecular complexity index is 1090. The van der Waals surface area contributed by atoms with Crippen molar-refractivity contribution in [3.8, 4) is 17.6 Å². The van der Waals surface area contributed by atoms with Crippen LogP contribution in [0.3, 0.4) is 0 Å². The highest BCUT2D eigenvalue weighted by molar-refractivity contribution is 9.10. The molecule has 0 fully saturated rings. The van der Waals surface area contributed by atoms with E-state index in [-0.39, 0.29) is 12.4 Å². The van der Waals surface area contributed by atoms with E-state index in [9.17, 15) is 9.65 Å². The van der Waals surface area contributed by atoms with Crippen molar-refractivity contribution >= 4 is 39.2 Å². The van der Waals surface area contributed by atoms with Crippen molar-refractivity contribution in [1.82, 2.24) is 0 Å². The summed E-state index contributed by atoms with van der Waals surface area (Å²) in [7, 11) is 0. The monoisotopic (exact) mass is 485 g/mol. The van der Waals surface area contributed by atoms with Crippen molar-refractivity contribution in [3.63, 3.8) is 0 Å². The fraction of sp³-hybridized carbons (Fsp3) is 0.125. The van der Waals surface area contributed by atoms with E-state index in [1.165, 1.54) is 12.1 Å². The third-order valence-electron chi connectivity index (χ3n) is 4.21. The molecule has 0 N–H and O–H groups in total. The van der Waals surface area contributed by atoms with Crippen molar-refractivity contribution < 1.29 is 13.9 Å². The van der Waals surface area contributed by atoms with Crippen LogP contribution < -0.4 is 9.47 Å². The second-order valence-electron chi connectivity index (χ2n) is 6.35. The zero-order chi connectivity index (χ0) is 21.5. The molecule has 6 heteroatoms. The zero-order valence-corrected chi connectivity index (χ0v) is 18.5. The van der Waals surface area contributed by atoms with Crippen LogP contribution in [0.1, 0.15) is 23.6 Å². The molecular weight excluding hydrogens is 469 g/mol. The number of nitrogens with zero attached hydrogens (tertiary/aromatic N) is 1. The van der Waals surface area contributed by atoms with Crippen LogP contribution >= 0.6 is 27.5 Å². The third kappa shape index (κ3) is 5.63. The summed E-state index contributed by atoms with van der Waals surface area (Å²) in [6, 6.07) is 19.1. The summed E-state index contributed by atoms with van der Waals surface area (Å²) in [5, 5.41) is 10.2. The van der Waals surface area contributed by atoms with Gasteiger partial charge in [0.15, 0.2) is 11.5 Å². The van der Waals surface area contributed by atoms with Gasteiger partial charge in [-0.2, -0.15) is 5.26 Å². The first kappa shape index (κ1) is 21.9. The molecule has 3 aromatic rings. The molecule has 3 rings (SSSR count). The molecule has 0 heterocycles. The van der Waals surface area contributed by atoms with Crippen LogP contribution in [-0.4, -0.2) is 6.61 Å². The predicted molar refractivity (Wildman–Crippen MR) is 121 cm³/mol. The lowest BCUT2D eigenvalue weighted by Gasteiger charge is -2.15. The van der Waals surface area contributed by atoms with Gasteiger partial charge in [-0.05, 0) is 82.0 Å². The van der Waals surface area contributed by atoms with Gasteiger partial charge < -0.3 is 9.47 Å². The Morgan fingerprint density at radius 1 is 1.10 bits per heavy atom. The maximum absolute atomic E-state index is 13.1. The molecule has 0 aliphatic heterocycles. The van der Waals surface area contributed by atoms with E-state index >= 15 is 0 Å². The minimum Gasteiger partial charge on any atom is -0.490 e. The lowest BCUT2D eigenvalue weighted by molar-refractivity contribution is 0.267. The van der Waals surface area contributed by atoms with E-state index in [0.717, 1.165) is 16.7 Å². The van der Waals surface area contributed by atoms with Gasteiger partial charge in [0, 0.05) is 5.02 Å². The molecule has 0 aliphatic rings. The Morgan fingerprint density at radius 2 is 1.80 bits per heavy atom. The van der Waals surface area contributed by atoms with Crippen LogP contribution in [0.15, 0.2) is 65.1 Å². The highest BCUT2D eigenvalue weighted by atomic mass is 79.9. The molecule has 0 aliphatic carbocycles. The number of allylic oxidation sites excluding steroid dienone is 1. The molecule has 0 amide bonds. The van der Waals surface area contributed by atoms with Crippen molar-refractivity contribution in [2.45, 2.75) is 13.5 Å². The Labute approximate surface area is 188 Å². The van der Waals surface area contributed by atoms with Crippen LogP contribution in [0.2, 0.25) is 5.02 Å². The molecular formula is C24H18BrClFNO2.